The van der Waals surface area contributed by atoms with Crippen LogP contribution >= 0.6 is 0 Å². The van der Waals surface area contributed by atoms with Gasteiger partial charge >= 0.3 is 0 Å². The molecule has 1 aliphatic rings. The second kappa shape index (κ2) is 7.77. The monoisotopic (exact) mass is 342 g/mol. The molecule has 0 saturated heterocycles. The zero-order valence-corrected chi connectivity index (χ0v) is 15.6. The van der Waals surface area contributed by atoms with E-state index in [2.05, 4.69) is 9.82 Å². The molecule has 132 valence electrons. The number of hydrogen-bond donors (Lipinski definition) is 1. The molecule has 1 saturated carbocycles. The Bertz CT molecular complexity index is 616. The van der Waals surface area contributed by atoms with Crippen LogP contribution in [0.4, 0.5) is 0 Å². The molecule has 1 aromatic heterocycles. The SMILES string of the molecule is Cc1nn(C)c(C)c1CCNS(=O)(=O)N(C)C1CCCCCC1. The summed E-state index contributed by atoms with van der Waals surface area (Å²) in [5.41, 5.74) is 3.20. The van der Waals surface area contributed by atoms with Gasteiger partial charge in [-0.2, -0.15) is 17.8 Å². The molecule has 1 aliphatic carbocycles. The third-order valence-corrected chi connectivity index (χ3v) is 6.66. The molecule has 1 N–H and O–H groups in total. The zero-order valence-electron chi connectivity index (χ0n) is 14.8. The summed E-state index contributed by atoms with van der Waals surface area (Å²) in [5, 5.41) is 4.37. The summed E-state index contributed by atoms with van der Waals surface area (Å²) in [6.07, 6.45) is 7.30. The molecule has 0 amide bonds. The van der Waals surface area contributed by atoms with Crippen LogP contribution in [0.25, 0.3) is 0 Å². The number of hydrogen-bond acceptors (Lipinski definition) is 3. The maximum absolute atomic E-state index is 12.5. The van der Waals surface area contributed by atoms with Crippen LogP contribution in [-0.2, 0) is 23.7 Å². The van der Waals surface area contributed by atoms with Crippen LogP contribution in [0.2, 0.25) is 0 Å². The lowest BCUT2D eigenvalue weighted by Crippen LogP contribution is -2.44. The van der Waals surface area contributed by atoms with Gasteiger partial charge in [-0.25, -0.2) is 4.72 Å². The topological polar surface area (TPSA) is 67.2 Å². The Hall–Kier alpha value is -0.920. The normalized spacial score (nSPS) is 17.6. The van der Waals surface area contributed by atoms with Crippen molar-refractivity contribution < 1.29 is 8.42 Å². The van der Waals surface area contributed by atoms with E-state index < -0.39 is 10.2 Å². The van der Waals surface area contributed by atoms with E-state index in [1.807, 2.05) is 25.6 Å². The van der Waals surface area contributed by atoms with Crippen molar-refractivity contribution in [2.75, 3.05) is 13.6 Å². The van der Waals surface area contributed by atoms with Gasteiger partial charge in [0.05, 0.1) is 5.69 Å². The van der Waals surface area contributed by atoms with Crippen molar-refractivity contribution in [3.8, 4) is 0 Å². The number of nitrogens with zero attached hydrogens (tertiary/aromatic N) is 3. The third kappa shape index (κ3) is 4.55. The maximum Gasteiger partial charge on any atom is 0.279 e. The Labute approximate surface area is 140 Å². The standard InChI is InChI=1S/C16H30N4O2S/c1-13-16(14(2)19(3)18-13)11-12-17-23(21,22)20(4)15-9-7-5-6-8-10-15/h15,17H,5-12H2,1-4H3. The molecular weight excluding hydrogens is 312 g/mol. The summed E-state index contributed by atoms with van der Waals surface area (Å²) in [7, 11) is 0.211. The molecule has 0 aromatic carbocycles. The smallest absolute Gasteiger partial charge is 0.272 e. The number of aryl methyl sites for hydroxylation is 2. The lowest BCUT2D eigenvalue weighted by Gasteiger charge is -2.26. The first-order chi connectivity index (χ1) is 10.8. The fourth-order valence-corrected chi connectivity index (χ4v) is 4.57. The highest BCUT2D eigenvalue weighted by Crippen LogP contribution is 2.22. The van der Waals surface area contributed by atoms with Crippen molar-refractivity contribution in [2.24, 2.45) is 7.05 Å². The summed E-state index contributed by atoms with van der Waals surface area (Å²) < 4.78 is 31.1. The van der Waals surface area contributed by atoms with E-state index in [0.717, 1.165) is 42.6 Å². The third-order valence-electron chi connectivity index (χ3n) is 5.04. The molecule has 23 heavy (non-hydrogen) atoms. The van der Waals surface area contributed by atoms with Crippen molar-refractivity contribution in [3.63, 3.8) is 0 Å². The van der Waals surface area contributed by atoms with Crippen LogP contribution in [0.1, 0.15) is 55.5 Å². The molecule has 0 spiro atoms. The number of nitrogens with one attached hydrogen (secondary N) is 1. The summed E-state index contributed by atoms with van der Waals surface area (Å²) >= 11 is 0. The average Bonchev–Trinajstić information content (AvgIpc) is 2.72. The Kier molecular flexibility index (Phi) is 6.22. The van der Waals surface area contributed by atoms with Gasteiger partial charge in [0.2, 0.25) is 0 Å². The second-order valence-electron chi connectivity index (χ2n) is 6.58. The van der Waals surface area contributed by atoms with E-state index in [4.69, 9.17) is 0 Å². The molecule has 0 radical (unpaired) electrons. The van der Waals surface area contributed by atoms with Gasteiger partial charge in [-0.3, -0.25) is 4.68 Å². The van der Waals surface area contributed by atoms with Gasteiger partial charge < -0.3 is 0 Å². The summed E-state index contributed by atoms with van der Waals surface area (Å²) in [5.74, 6) is 0. The van der Waals surface area contributed by atoms with Crippen molar-refractivity contribution in [1.29, 1.82) is 0 Å². The largest absolute Gasteiger partial charge is 0.279 e. The van der Waals surface area contributed by atoms with Gasteiger partial charge in [0.1, 0.15) is 0 Å². The van der Waals surface area contributed by atoms with Crippen LogP contribution in [0.3, 0.4) is 0 Å². The van der Waals surface area contributed by atoms with Crippen LogP contribution in [-0.4, -0.2) is 42.1 Å². The Morgan fingerprint density at radius 1 is 1.22 bits per heavy atom. The van der Waals surface area contributed by atoms with Crippen LogP contribution in [0.5, 0.6) is 0 Å². The average molecular weight is 343 g/mol. The van der Waals surface area contributed by atoms with Crippen molar-refractivity contribution >= 4 is 10.2 Å². The van der Waals surface area contributed by atoms with Gasteiger partial charge in [0.15, 0.2) is 0 Å². The molecule has 0 aliphatic heterocycles. The summed E-state index contributed by atoms with van der Waals surface area (Å²) in [4.78, 5) is 0. The van der Waals surface area contributed by atoms with Crippen molar-refractivity contribution in [2.45, 2.75) is 64.8 Å². The summed E-state index contributed by atoms with van der Waals surface area (Å²) in [6, 6.07) is 0.136. The lowest BCUT2D eigenvalue weighted by molar-refractivity contribution is 0.331. The van der Waals surface area contributed by atoms with Gasteiger partial charge in [-0.05, 0) is 38.7 Å². The molecule has 1 aromatic rings. The summed E-state index contributed by atoms with van der Waals surface area (Å²) in [6.45, 7) is 4.39. The predicted molar refractivity (Wildman–Crippen MR) is 92.6 cm³/mol. The van der Waals surface area contributed by atoms with E-state index in [1.54, 1.807) is 11.4 Å². The fraction of sp³-hybridized carbons (Fsp3) is 0.812. The number of rotatable bonds is 6. The van der Waals surface area contributed by atoms with E-state index in [1.165, 1.54) is 12.8 Å². The molecule has 7 heteroatoms. The molecule has 1 fully saturated rings. The highest BCUT2D eigenvalue weighted by atomic mass is 32.2. The van der Waals surface area contributed by atoms with Crippen molar-refractivity contribution in [1.82, 2.24) is 18.8 Å². The second-order valence-corrected chi connectivity index (χ2v) is 8.40. The first-order valence-electron chi connectivity index (χ1n) is 8.54. The van der Waals surface area contributed by atoms with E-state index >= 15 is 0 Å². The molecule has 0 atom stereocenters. The van der Waals surface area contributed by atoms with Gasteiger partial charge in [0.25, 0.3) is 10.2 Å². The van der Waals surface area contributed by atoms with Gasteiger partial charge in [0, 0.05) is 32.4 Å². The minimum Gasteiger partial charge on any atom is -0.272 e. The van der Waals surface area contributed by atoms with Crippen LogP contribution in [0, 0.1) is 13.8 Å². The number of aromatic nitrogens is 2. The predicted octanol–water partition coefficient (Wildman–Crippen LogP) is 2.07. The Morgan fingerprint density at radius 3 is 2.35 bits per heavy atom. The van der Waals surface area contributed by atoms with Crippen LogP contribution in [0.15, 0.2) is 0 Å². The molecule has 0 unspecified atom stereocenters. The highest BCUT2D eigenvalue weighted by Gasteiger charge is 2.26. The quantitative estimate of drug-likeness (QED) is 0.805. The van der Waals surface area contributed by atoms with E-state index in [0.29, 0.717) is 13.0 Å². The van der Waals surface area contributed by atoms with E-state index in [9.17, 15) is 8.42 Å². The Morgan fingerprint density at radius 2 is 1.83 bits per heavy atom. The molecule has 1 heterocycles. The minimum absolute atomic E-state index is 0.136. The first-order valence-corrected chi connectivity index (χ1v) is 9.98. The van der Waals surface area contributed by atoms with Gasteiger partial charge in [-0.1, -0.05) is 25.7 Å². The lowest BCUT2D eigenvalue weighted by atomic mass is 10.1. The zero-order chi connectivity index (χ0) is 17.0. The highest BCUT2D eigenvalue weighted by molar-refractivity contribution is 7.87. The fourth-order valence-electron chi connectivity index (χ4n) is 3.40. The minimum atomic E-state index is -3.41. The van der Waals surface area contributed by atoms with E-state index in [-0.39, 0.29) is 6.04 Å². The van der Waals surface area contributed by atoms with Crippen molar-refractivity contribution in [3.05, 3.63) is 17.0 Å². The molecule has 2 rings (SSSR count). The maximum atomic E-state index is 12.5. The van der Waals surface area contributed by atoms with Crippen LogP contribution < -0.4 is 4.72 Å². The molecule has 6 nitrogen and oxygen atoms in total. The Balaban J connectivity index is 1.92. The molecular formula is C16H30N4O2S. The first kappa shape index (κ1) is 18.4. The van der Waals surface area contributed by atoms with Gasteiger partial charge in [-0.15, -0.1) is 0 Å². The molecule has 0 bridgehead atoms.